The van der Waals surface area contributed by atoms with Gasteiger partial charge in [-0.3, -0.25) is 9.38 Å². The average molecular weight is 393 g/mol. The van der Waals surface area contributed by atoms with Crippen LogP contribution in [0.4, 0.5) is 14.6 Å². The van der Waals surface area contributed by atoms with Crippen molar-refractivity contribution in [3.63, 3.8) is 0 Å². The SMILES string of the molecule is FC(F)c1cn2c(-c3nccc(N4CCC(c5ccncc5)C4)n3)cnc2cn1. The van der Waals surface area contributed by atoms with E-state index in [4.69, 9.17) is 0 Å². The highest BCUT2D eigenvalue weighted by Crippen LogP contribution is 2.30. The lowest BCUT2D eigenvalue weighted by Crippen LogP contribution is -2.20. The fraction of sp³-hybridized carbons (Fsp3) is 0.250. The van der Waals surface area contributed by atoms with Crippen LogP contribution in [0.15, 0.2) is 55.4 Å². The Bertz CT molecular complexity index is 1150. The van der Waals surface area contributed by atoms with Crippen LogP contribution in [0.3, 0.4) is 0 Å². The maximum Gasteiger partial charge on any atom is 0.281 e. The molecule has 0 saturated carbocycles. The number of aromatic nitrogens is 6. The van der Waals surface area contributed by atoms with Crippen LogP contribution in [0.25, 0.3) is 17.2 Å². The minimum atomic E-state index is -2.66. The first-order valence-corrected chi connectivity index (χ1v) is 9.28. The molecule has 1 atom stereocenters. The number of nitrogens with zero attached hydrogens (tertiary/aromatic N) is 7. The van der Waals surface area contributed by atoms with E-state index in [1.807, 2.05) is 30.6 Å². The van der Waals surface area contributed by atoms with E-state index in [0.29, 0.717) is 23.1 Å². The van der Waals surface area contributed by atoms with Crippen LogP contribution in [-0.4, -0.2) is 42.4 Å². The van der Waals surface area contributed by atoms with E-state index in [1.54, 1.807) is 16.8 Å². The molecule has 29 heavy (non-hydrogen) atoms. The van der Waals surface area contributed by atoms with Crippen LogP contribution in [0.2, 0.25) is 0 Å². The predicted molar refractivity (Wildman–Crippen MR) is 103 cm³/mol. The van der Waals surface area contributed by atoms with Gasteiger partial charge in [0.05, 0.1) is 12.4 Å². The van der Waals surface area contributed by atoms with E-state index in [9.17, 15) is 8.78 Å². The van der Waals surface area contributed by atoms with Gasteiger partial charge in [-0.2, -0.15) is 0 Å². The topological polar surface area (TPSA) is 72.1 Å². The molecule has 1 aliphatic heterocycles. The first-order chi connectivity index (χ1) is 14.2. The molecule has 1 unspecified atom stereocenters. The first-order valence-electron chi connectivity index (χ1n) is 9.28. The monoisotopic (exact) mass is 393 g/mol. The standard InChI is InChI=1S/C20H17F2N7/c21-19(22)15-12-29-16(9-26-18(29)10-25-15)20-24-7-3-17(27-20)28-8-4-14(11-28)13-1-5-23-6-2-13/h1-3,5-7,9-10,12,14,19H,4,8,11H2. The second-order valence-electron chi connectivity index (χ2n) is 6.94. The largest absolute Gasteiger partial charge is 0.356 e. The summed E-state index contributed by atoms with van der Waals surface area (Å²) < 4.78 is 27.6. The van der Waals surface area contributed by atoms with Gasteiger partial charge in [0.1, 0.15) is 17.2 Å². The number of imidazole rings is 1. The third kappa shape index (κ3) is 3.28. The number of fused-ring (bicyclic) bond motifs is 1. The molecule has 1 fully saturated rings. The maximum absolute atomic E-state index is 13.0. The van der Waals surface area contributed by atoms with Gasteiger partial charge in [-0.1, -0.05) is 0 Å². The van der Waals surface area contributed by atoms with E-state index in [-0.39, 0.29) is 5.69 Å². The predicted octanol–water partition coefficient (Wildman–Crippen LogP) is 3.51. The number of rotatable bonds is 4. The van der Waals surface area contributed by atoms with Gasteiger partial charge < -0.3 is 4.90 Å². The lowest BCUT2D eigenvalue weighted by Gasteiger charge is -2.18. The second kappa shape index (κ2) is 7.16. The Morgan fingerprint density at radius 2 is 1.86 bits per heavy atom. The minimum Gasteiger partial charge on any atom is -0.356 e. The Balaban J connectivity index is 1.45. The summed E-state index contributed by atoms with van der Waals surface area (Å²) in [6.07, 6.45) is 7.88. The summed E-state index contributed by atoms with van der Waals surface area (Å²) in [6, 6.07) is 5.97. The molecule has 0 bridgehead atoms. The Morgan fingerprint density at radius 1 is 1.00 bits per heavy atom. The van der Waals surface area contributed by atoms with Crippen molar-refractivity contribution in [2.45, 2.75) is 18.8 Å². The third-order valence-corrected chi connectivity index (χ3v) is 5.20. The molecule has 7 nitrogen and oxygen atoms in total. The van der Waals surface area contributed by atoms with Crippen LogP contribution in [0.1, 0.15) is 30.0 Å². The number of anilines is 1. The molecule has 4 aromatic heterocycles. The molecule has 1 saturated heterocycles. The summed E-state index contributed by atoms with van der Waals surface area (Å²) in [4.78, 5) is 23.3. The van der Waals surface area contributed by atoms with Crippen molar-refractivity contribution < 1.29 is 8.78 Å². The molecule has 5 heterocycles. The number of halogens is 2. The normalized spacial score (nSPS) is 16.8. The zero-order valence-electron chi connectivity index (χ0n) is 15.4. The lowest BCUT2D eigenvalue weighted by molar-refractivity contribution is 0.145. The van der Waals surface area contributed by atoms with Gasteiger partial charge in [-0.25, -0.2) is 28.7 Å². The highest BCUT2D eigenvalue weighted by atomic mass is 19.3. The fourth-order valence-corrected chi connectivity index (χ4v) is 3.71. The maximum atomic E-state index is 13.0. The Morgan fingerprint density at radius 3 is 2.69 bits per heavy atom. The van der Waals surface area contributed by atoms with Gasteiger partial charge in [-0.05, 0) is 30.2 Å². The van der Waals surface area contributed by atoms with Gasteiger partial charge in [0.25, 0.3) is 6.43 Å². The zero-order valence-corrected chi connectivity index (χ0v) is 15.4. The lowest BCUT2D eigenvalue weighted by atomic mass is 10.00. The molecule has 5 rings (SSSR count). The van der Waals surface area contributed by atoms with Crippen molar-refractivity contribution in [3.05, 3.63) is 66.6 Å². The molecule has 0 spiro atoms. The minimum absolute atomic E-state index is 0.312. The van der Waals surface area contributed by atoms with E-state index in [0.717, 1.165) is 25.3 Å². The van der Waals surface area contributed by atoms with E-state index < -0.39 is 6.43 Å². The van der Waals surface area contributed by atoms with E-state index >= 15 is 0 Å². The quantitative estimate of drug-likeness (QED) is 0.528. The molecule has 0 aliphatic carbocycles. The summed E-state index contributed by atoms with van der Waals surface area (Å²) >= 11 is 0. The molecule has 0 radical (unpaired) electrons. The van der Waals surface area contributed by atoms with Gasteiger partial charge in [0.2, 0.25) is 0 Å². The molecule has 9 heteroatoms. The Labute approximate surface area is 165 Å². The molecule has 0 amide bonds. The molecule has 4 aromatic rings. The van der Waals surface area contributed by atoms with E-state index in [1.165, 1.54) is 18.0 Å². The van der Waals surface area contributed by atoms with Crippen LogP contribution in [-0.2, 0) is 0 Å². The van der Waals surface area contributed by atoms with Gasteiger partial charge in [-0.15, -0.1) is 0 Å². The molecular weight excluding hydrogens is 376 g/mol. The molecule has 0 N–H and O–H groups in total. The highest BCUT2D eigenvalue weighted by Gasteiger charge is 2.25. The summed E-state index contributed by atoms with van der Waals surface area (Å²) in [5, 5.41) is 0. The number of pyridine rings is 1. The van der Waals surface area contributed by atoms with Crippen molar-refractivity contribution in [2.75, 3.05) is 18.0 Å². The van der Waals surface area contributed by atoms with Crippen LogP contribution in [0, 0.1) is 0 Å². The molecular formula is C20H17F2N7. The van der Waals surface area contributed by atoms with Crippen molar-refractivity contribution in [1.29, 1.82) is 0 Å². The summed E-state index contributed by atoms with van der Waals surface area (Å²) in [5.41, 5.74) is 1.98. The van der Waals surface area contributed by atoms with E-state index in [2.05, 4.69) is 29.8 Å². The Kier molecular flexibility index (Phi) is 4.34. The number of alkyl halides is 2. The molecule has 146 valence electrons. The zero-order chi connectivity index (χ0) is 19.8. The average Bonchev–Trinajstić information content (AvgIpc) is 3.41. The number of hydrogen-bond acceptors (Lipinski definition) is 6. The summed E-state index contributed by atoms with van der Waals surface area (Å²) in [6.45, 7) is 1.74. The smallest absolute Gasteiger partial charge is 0.281 e. The van der Waals surface area contributed by atoms with Gasteiger partial charge in [0, 0.05) is 43.8 Å². The number of hydrogen-bond donors (Lipinski definition) is 0. The van der Waals surface area contributed by atoms with Crippen molar-refractivity contribution in [3.8, 4) is 11.5 Å². The molecule has 1 aliphatic rings. The fourth-order valence-electron chi connectivity index (χ4n) is 3.71. The summed E-state index contributed by atoms with van der Waals surface area (Å²) in [7, 11) is 0. The van der Waals surface area contributed by atoms with Gasteiger partial charge >= 0.3 is 0 Å². The first kappa shape index (κ1) is 17.6. The van der Waals surface area contributed by atoms with Crippen LogP contribution < -0.4 is 4.90 Å². The van der Waals surface area contributed by atoms with Crippen molar-refractivity contribution >= 4 is 11.5 Å². The van der Waals surface area contributed by atoms with Crippen molar-refractivity contribution in [1.82, 2.24) is 29.3 Å². The van der Waals surface area contributed by atoms with Crippen LogP contribution in [0.5, 0.6) is 0 Å². The Hall–Kier alpha value is -3.49. The second-order valence-corrected chi connectivity index (χ2v) is 6.94. The van der Waals surface area contributed by atoms with Crippen LogP contribution >= 0.6 is 0 Å². The van der Waals surface area contributed by atoms with Gasteiger partial charge in [0.15, 0.2) is 11.5 Å². The highest BCUT2D eigenvalue weighted by molar-refractivity contribution is 5.58. The summed E-state index contributed by atoms with van der Waals surface area (Å²) in [5.74, 6) is 1.67. The van der Waals surface area contributed by atoms with Crippen molar-refractivity contribution in [2.24, 2.45) is 0 Å². The molecule has 0 aromatic carbocycles. The third-order valence-electron chi connectivity index (χ3n) is 5.20.